The predicted molar refractivity (Wildman–Crippen MR) is 91.4 cm³/mol. The number of benzene rings is 1. The van der Waals surface area contributed by atoms with Crippen LogP contribution in [0.1, 0.15) is 15.9 Å². The van der Waals surface area contributed by atoms with Gasteiger partial charge in [0.15, 0.2) is 0 Å². The average Bonchev–Trinajstić information content (AvgIpc) is 2.59. The highest BCUT2D eigenvalue weighted by Gasteiger charge is 2.13. The molecule has 0 aliphatic carbocycles. The lowest BCUT2D eigenvalue weighted by atomic mass is 10.1. The number of nitrogens with zero attached hydrogens (tertiary/aromatic N) is 3. The fraction of sp³-hybridized carbons (Fsp3) is 0.333. The molecule has 2 heterocycles. The Morgan fingerprint density at radius 2 is 1.87 bits per heavy atom. The normalized spacial score (nSPS) is 16.2. The molecule has 0 atom stereocenters. The number of hydrogen-bond donors (Lipinski definition) is 1. The molecule has 0 bridgehead atoms. The van der Waals surface area contributed by atoms with Crippen LogP contribution in [0.3, 0.4) is 0 Å². The van der Waals surface area contributed by atoms with Crippen molar-refractivity contribution < 1.29 is 4.79 Å². The lowest BCUT2D eigenvalue weighted by molar-refractivity contribution is 0.102. The van der Waals surface area contributed by atoms with Gasteiger partial charge in [-0.2, -0.15) is 0 Å². The molecule has 1 aromatic heterocycles. The highest BCUT2D eigenvalue weighted by Crippen LogP contribution is 2.13. The van der Waals surface area contributed by atoms with E-state index in [0.717, 1.165) is 38.4 Å². The van der Waals surface area contributed by atoms with Crippen molar-refractivity contribution in [1.82, 2.24) is 14.8 Å². The fourth-order valence-corrected chi connectivity index (χ4v) is 2.66. The van der Waals surface area contributed by atoms with Gasteiger partial charge >= 0.3 is 0 Å². The molecule has 1 amide bonds. The number of aromatic nitrogens is 1. The summed E-state index contributed by atoms with van der Waals surface area (Å²) >= 11 is 0. The number of amides is 1. The minimum Gasteiger partial charge on any atom is -0.322 e. The Bertz CT molecular complexity index is 634. The maximum atomic E-state index is 12.1. The third-order valence-electron chi connectivity index (χ3n) is 4.14. The molecule has 1 aromatic carbocycles. The zero-order valence-electron chi connectivity index (χ0n) is 13.4. The Hall–Kier alpha value is -2.24. The summed E-state index contributed by atoms with van der Waals surface area (Å²) in [6.45, 7) is 5.43. The van der Waals surface area contributed by atoms with Crippen molar-refractivity contribution in [1.29, 1.82) is 0 Å². The van der Waals surface area contributed by atoms with Crippen molar-refractivity contribution in [2.45, 2.75) is 6.54 Å². The Labute approximate surface area is 136 Å². The second kappa shape index (κ2) is 7.35. The number of carbonyl (C=O) groups is 1. The smallest absolute Gasteiger partial charge is 0.257 e. The molecule has 1 aliphatic heterocycles. The van der Waals surface area contributed by atoms with Crippen molar-refractivity contribution in [2.75, 3.05) is 38.5 Å². The molecule has 1 saturated heterocycles. The number of nitrogens with one attached hydrogen (secondary N) is 1. The van der Waals surface area contributed by atoms with Gasteiger partial charge in [0.25, 0.3) is 5.91 Å². The van der Waals surface area contributed by atoms with Gasteiger partial charge in [0.05, 0.1) is 5.56 Å². The first-order valence-corrected chi connectivity index (χ1v) is 7.92. The van der Waals surface area contributed by atoms with Crippen LogP contribution in [0.2, 0.25) is 0 Å². The molecule has 0 saturated carbocycles. The van der Waals surface area contributed by atoms with Crippen molar-refractivity contribution in [3.05, 3.63) is 59.9 Å². The topological polar surface area (TPSA) is 48.5 Å². The molecule has 3 rings (SSSR count). The maximum absolute atomic E-state index is 12.1. The van der Waals surface area contributed by atoms with Crippen LogP contribution in [0.15, 0.2) is 48.8 Å². The average molecular weight is 310 g/mol. The standard InChI is InChI=1S/C18H22N4O/c1-21-9-11-22(12-10-21)14-15-4-6-17(7-5-15)20-18(23)16-3-2-8-19-13-16/h2-8,13H,9-12,14H2,1H3,(H,20,23). The lowest BCUT2D eigenvalue weighted by Crippen LogP contribution is -2.43. The molecule has 0 radical (unpaired) electrons. The van der Waals surface area contributed by atoms with Gasteiger partial charge in [-0.3, -0.25) is 14.7 Å². The van der Waals surface area contributed by atoms with Crippen LogP contribution >= 0.6 is 0 Å². The van der Waals surface area contributed by atoms with Crippen molar-refractivity contribution in [2.24, 2.45) is 0 Å². The molecule has 5 heteroatoms. The zero-order chi connectivity index (χ0) is 16.1. The molecular weight excluding hydrogens is 288 g/mol. The number of anilines is 1. The lowest BCUT2D eigenvalue weighted by Gasteiger charge is -2.32. The maximum Gasteiger partial charge on any atom is 0.257 e. The summed E-state index contributed by atoms with van der Waals surface area (Å²) in [6.07, 6.45) is 3.22. The molecule has 1 N–H and O–H groups in total. The fourth-order valence-electron chi connectivity index (χ4n) is 2.66. The Balaban J connectivity index is 1.56. The largest absolute Gasteiger partial charge is 0.322 e. The number of hydrogen-bond acceptors (Lipinski definition) is 4. The number of likely N-dealkylation sites (N-methyl/N-ethyl adjacent to an activating group) is 1. The van der Waals surface area contributed by atoms with E-state index in [1.54, 1.807) is 24.5 Å². The minimum atomic E-state index is -0.134. The minimum absolute atomic E-state index is 0.134. The van der Waals surface area contributed by atoms with Gasteiger partial charge in [-0.25, -0.2) is 0 Å². The molecule has 1 aliphatic rings. The second-order valence-corrected chi connectivity index (χ2v) is 5.97. The molecule has 2 aromatic rings. The molecule has 1 fully saturated rings. The van der Waals surface area contributed by atoms with Crippen LogP contribution in [0, 0.1) is 0 Å². The van der Waals surface area contributed by atoms with E-state index in [-0.39, 0.29) is 5.91 Å². The van der Waals surface area contributed by atoms with Crippen molar-refractivity contribution in [3.63, 3.8) is 0 Å². The third kappa shape index (κ3) is 4.37. The summed E-state index contributed by atoms with van der Waals surface area (Å²) in [4.78, 5) is 20.9. The molecule has 0 unspecified atom stereocenters. The molecule has 5 nitrogen and oxygen atoms in total. The van der Waals surface area contributed by atoms with Gasteiger partial charge in [-0.05, 0) is 36.9 Å². The number of pyridine rings is 1. The Morgan fingerprint density at radius 1 is 1.13 bits per heavy atom. The van der Waals surface area contributed by atoms with Gasteiger partial charge in [0, 0.05) is 50.8 Å². The van der Waals surface area contributed by atoms with E-state index in [1.165, 1.54) is 5.56 Å². The SMILES string of the molecule is CN1CCN(Cc2ccc(NC(=O)c3cccnc3)cc2)CC1. The van der Waals surface area contributed by atoms with E-state index in [9.17, 15) is 4.79 Å². The van der Waals surface area contributed by atoms with E-state index in [2.05, 4.69) is 39.3 Å². The molecule has 120 valence electrons. The number of piperazine rings is 1. The predicted octanol–water partition coefficient (Wildman–Crippen LogP) is 2.08. The van der Waals surface area contributed by atoms with Crippen LogP contribution in [-0.4, -0.2) is 53.9 Å². The van der Waals surface area contributed by atoms with E-state index in [4.69, 9.17) is 0 Å². The third-order valence-corrected chi connectivity index (χ3v) is 4.14. The Kier molecular flexibility index (Phi) is 5.00. The van der Waals surface area contributed by atoms with E-state index in [1.807, 2.05) is 12.1 Å². The van der Waals surface area contributed by atoms with Gasteiger partial charge in [-0.15, -0.1) is 0 Å². The van der Waals surface area contributed by atoms with E-state index >= 15 is 0 Å². The van der Waals surface area contributed by atoms with Crippen LogP contribution in [0.4, 0.5) is 5.69 Å². The highest BCUT2D eigenvalue weighted by atomic mass is 16.1. The summed E-state index contributed by atoms with van der Waals surface area (Å²) in [5.74, 6) is -0.134. The van der Waals surface area contributed by atoms with E-state index in [0.29, 0.717) is 5.56 Å². The quantitative estimate of drug-likeness (QED) is 0.939. The van der Waals surface area contributed by atoms with E-state index < -0.39 is 0 Å². The van der Waals surface area contributed by atoms with Gasteiger partial charge in [0.2, 0.25) is 0 Å². The summed E-state index contributed by atoms with van der Waals surface area (Å²) in [7, 11) is 2.16. The highest BCUT2D eigenvalue weighted by molar-refractivity contribution is 6.03. The zero-order valence-corrected chi connectivity index (χ0v) is 13.4. The first-order chi connectivity index (χ1) is 11.2. The van der Waals surface area contributed by atoms with Crippen LogP contribution < -0.4 is 5.32 Å². The molecule has 0 spiro atoms. The molecular formula is C18H22N4O. The van der Waals surface area contributed by atoms with Crippen LogP contribution in [0.25, 0.3) is 0 Å². The second-order valence-electron chi connectivity index (χ2n) is 5.97. The van der Waals surface area contributed by atoms with Gasteiger partial charge in [0.1, 0.15) is 0 Å². The monoisotopic (exact) mass is 310 g/mol. The van der Waals surface area contributed by atoms with Crippen LogP contribution in [0.5, 0.6) is 0 Å². The van der Waals surface area contributed by atoms with Crippen molar-refractivity contribution >= 4 is 11.6 Å². The molecule has 23 heavy (non-hydrogen) atoms. The Morgan fingerprint density at radius 3 is 2.52 bits per heavy atom. The van der Waals surface area contributed by atoms with Crippen molar-refractivity contribution in [3.8, 4) is 0 Å². The number of carbonyl (C=O) groups excluding carboxylic acids is 1. The summed E-state index contributed by atoms with van der Waals surface area (Å²) < 4.78 is 0. The summed E-state index contributed by atoms with van der Waals surface area (Å²) in [5.41, 5.74) is 2.64. The first kappa shape index (κ1) is 15.6. The number of rotatable bonds is 4. The first-order valence-electron chi connectivity index (χ1n) is 7.92. The summed E-state index contributed by atoms with van der Waals surface area (Å²) in [6, 6.07) is 11.6. The van der Waals surface area contributed by atoms with Gasteiger partial charge in [-0.1, -0.05) is 12.1 Å². The van der Waals surface area contributed by atoms with Crippen LogP contribution in [-0.2, 0) is 6.54 Å². The van der Waals surface area contributed by atoms with Gasteiger partial charge < -0.3 is 10.2 Å². The summed E-state index contributed by atoms with van der Waals surface area (Å²) in [5, 5.41) is 2.90.